The van der Waals surface area contributed by atoms with E-state index in [0.717, 1.165) is 24.3 Å². The molecule has 0 amide bonds. The van der Waals surface area contributed by atoms with Crippen LogP contribution in [0.2, 0.25) is 0 Å². The van der Waals surface area contributed by atoms with Crippen LogP contribution in [0.1, 0.15) is 22.0 Å². The molecule has 1 heterocycles. The third kappa shape index (κ3) is 2.92. The Morgan fingerprint density at radius 3 is 2.38 bits per heavy atom. The summed E-state index contributed by atoms with van der Waals surface area (Å²) >= 11 is 0. The minimum absolute atomic E-state index is 0.195. The van der Waals surface area contributed by atoms with Crippen LogP contribution in [0.5, 0.6) is 0 Å². The van der Waals surface area contributed by atoms with Gasteiger partial charge in [-0.1, -0.05) is 0 Å². The lowest BCUT2D eigenvalue weighted by atomic mass is 9.94. The van der Waals surface area contributed by atoms with E-state index in [1.807, 2.05) is 0 Å². The molecule has 8 heteroatoms. The molecule has 1 atom stereocenters. The van der Waals surface area contributed by atoms with Crippen LogP contribution in [0, 0.1) is 33.1 Å². The van der Waals surface area contributed by atoms with Crippen LogP contribution in [0.15, 0.2) is 34.7 Å². The van der Waals surface area contributed by atoms with Crippen LogP contribution < -0.4 is 0 Å². The Hall–Kier alpha value is -3.08. The molecular formula is C13H6F2N2O4. The Kier molecular flexibility index (Phi) is 3.75. The third-order valence-electron chi connectivity index (χ3n) is 2.62. The molecule has 1 unspecified atom stereocenters. The van der Waals surface area contributed by atoms with Gasteiger partial charge in [-0.15, -0.1) is 0 Å². The van der Waals surface area contributed by atoms with Crippen molar-refractivity contribution in [2.24, 2.45) is 0 Å². The van der Waals surface area contributed by atoms with Gasteiger partial charge >= 0.3 is 5.88 Å². The van der Waals surface area contributed by atoms with E-state index in [9.17, 15) is 23.7 Å². The summed E-state index contributed by atoms with van der Waals surface area (Å²) < 4.78 is 30.9. The number of nitriles is 1. The van der Waals surface area contributed by atoms with Gasteiger partial charge in [0.15, 0.2) is 5.76 Å². The van der Waals surface area contributed by atoms with Gasteiger partial charge in [0.25, 0.3) is 0 Å². The molecule has 106 valence electrons. The minimum atomic E-state index is -1.53. The van der Waals surface area contributed by atoms with Crippen LogP contribution in [0.25, 0.3) is 0 Å². The van der Waals surface area contributed by atoms with Gasteiger partial charge in [-0.25, -0.2) is 8.78 Å². The number of benzene rings is 1. The monoisotopic (exact) mass is 292 g/mol. The molecule has 0 N–H and O–H groups in total. The van der Waals surface area contributed by atoms with Gasteiger partial charge in [-0.3, -0.25) is 14.9 Å². The molecule has 21 heavy (non-hydrogen) atoms. The number of rotatable bonds is 4. The first-order valence-electron chi connectivity index (χ1n) is 5.56. The number of nitro groups is 1. The summed E-state index contributed by atoms with van der Waals surface area (Å²) in [5.41, 5.74) is -0.195. The predicted octanol–water partition coefficient (Wildman–Crippen LogP) is 2.96. The van der Waals surface area contributed by atoms with Crippen molar-refractivity contribution in [3.63, 3.8) is 0 Å². The van der Waals surface area contributed by atoms with E-state index in [1.54, 1.807) is 6.07 Å². The fourth-order valence-corrected chi connectivity index (χ4v) is 1.73. The highest BCUT2D eigenvalue weighted by Crippen LogP contribution is 2.25. The van der Waals surface area contributed by atoms with E-state index in [0.29, 0.717) is 6.07 Å². The molecular weight excluding hydrogens is 286 g/mol. The smallest absolute Gasteiger partial charge is 0.397 e. The molecule has 0 spiro atoms. The summed E-state index contributed by atoms with van der Waals surface area (Å²) in [7, 11) is 0. The third-order valence-corrected chi connectivity index (χ3v) is 2.62. The molecule has 2 rings (SSSR count). The summed E-state index contributed by atoms with van der Waals surface area (Å²) in [6.45, 7) is 0. The Morgan fingerprint density at radius 1 is 1.29 bits per heavy atom. The number of ketones is 1. The number of halogens is 2. The maximum absolute atomic E-state index is 13.1. The highest BCUT2D eigenvalue weighted by atomic mass is 19.1. The largest absolute Gasteiger partial charge is 0.433 e. The van der Waals surface area contributed by atoms with Crippen molar-refractivity contribution in [3.05, 3.63) is 63.4 Å². The van der Waals surface area contributed by atoms with Crippen LogP contribution in [0.3, 0.4) is 0 Å². The minimum Gasteiger partial charge on any atom is -0.397 e. The molecule has 2 aromatic rings. The Morgan fingerprint density at radius 2 is 1.90 bits per heavy atom. The van der Waals surface area contributed by atoms with Gasteiger partial charge in [-0.05, 0) is 23.8 Å². The van der Waals surface area contributed by atoms with Gasteiger partial charge in [0, 0.05) is 6.07 Å². The van der Waals surface area contributed by atoms with Crippen LogP contribution >= 0.6 is 0 Å². The van der Waals surface area contributed by atoms with Crippen molar-refractivity contribution in [3.8, 4) is 6.07 Å². The summed E-state index contributed by atoms with van der Waals surface area (Å²) in [5, 5.41) is 19.5. The quantitative estimate of drug-likeness (QED) is 0.490. The average molecular weight is 292 g/mol. The van der Waals surface area contributed by atoms with E-state index in [2.05, 4.69) is 4.42 Å². The second-order valence-corrected chi connectivity index (χ2v) is 4.02. The molecule has 1 aromatic carbocycles. The zero-order chi connectivity index (χ0) is 15.6. The first kappa shape index (κ1) is 14.3. The van der Waals surface area contributed by atoms with Gasteiger partial charge in [0.1, 0.15) is 22.5 Å². The molecule has 0 aliphatic heterocycles. The zero-order valence-corrected chi connectivity index (χ0v) is 10.2. The molecule has 6 nitrogen and oxygen atoms in total. The van der Waals surface area contributed by atoms with Gasteiger partial charge < -0.3 is 4.42 Å². The maximum atomic E-state index is 13.1. The lowest BCUT2D eigenvalue weighted by Gasteiger charge is -2.06. The Balaban J connectivity index is 2.38. The maximum Gasteiger partial charge on any atom is 0.433 e. The van der Waals surface area contributed by atoms with E-state index < -0.39 is 39.9 Å². The van der Waals surface area contributed by atoms with E-state index in [4.69, 9.17) is 5.26 Å². The summed E-state index contributed by atoms with van der Waals surface area (Å²) in [5.74, 6) is -5.43. The van der Waals surface area contributed by atoms with Crippen LogP contribution in [-0.2, 0) is 0 Å². The van der Waals surface area contributed by atoms with Crippen molar-refractivity contribution in [2.75, 3.05) is 0 Å². The van der Waals surface area contributed by atoms with Crippen molar-refractivity contribution < 1.29 is 22.9 Å². The lowest BCUT2D eigenvalue weighted by molar-refractivity contribution is -0.402. The molecule has 0 saturated heterocycles. The zero-order valence-electron chi connectivity index (χ0n) is 10.2. The van der Waals surface area contributed by atoms with Gasteiger partial charge in [0.05, 0.1) is 12.1 Å². The molecule has 0 fully saturated rings. The molecule has 0 radical (unpaired) electrons. The number of Topliss-reactive ketones (excluding diaryl/α,β-unsaturated/α-hetero) is 1. The first-order valence-corrected chi connectivity index (χ1v) is 5.56. The fraction of sp³-hybridized carbons (Fsp3) is 0.0769. The van der Waals surface area contributed by atoms with Crippen molar-refractivity contribution in [1.82, 2.24) is 0 Å². The van der Waals surface area contributed by atoms with Gasteiger partial charge in [0.2, 0.25) is 5.78 Å². The van der Waals surface area contributed by atoms with Gasteiger partial charge in [-0.2, -0.15) is 5.26 Å². The number of carbonyl (C=O) groups excluding carboxylic acids is 1. The summed E-state index contributed by atoms with van der Waals surface area (Å²) in [4.78, 5) is 21.7. The number of carbonyl (C=O) groups is 1. The van der Waals surface area contributed by atoms with E-state index in [1.165, 1.54) is 0 Å². The van der Waals surface area contributed by atoms with Crippen LogP contribution in [0.4, 0.5) is 14.7 Å². The average Bonchev–Trinajstić information content (AvgIpc) is 2.88. The standard InChI is InChI=1S/C13H6F2N2O4/c14-8-3-7(4-9(15)5-8)10(6-16)13(18)11-1-2-12(21-11)17(19)20/h1-5,10H. The number of nitrogens with zero attached hydrogens (tertiary/aromatic N) is 2. The van der Waals surface area contributed by atoms with Crippen LogP contribution in [-0.4, -0.2) is 10.7 Å². The Labute approximate surface area is 116 Å². The lowest BCUT2D eigenvalue weighted by Crippen LogP contribution is -2.11. The molecule has 0 aliphatic carbocycles. The number of hydrogen-bond acceptors (Lipinski definition) is 5. The summed E-state index contributed by atoms with van der Waals surface area (Å²) in [6.07, 6.45) is 0. The first-order chi connectivity index (χ1) is 9.92. The second kappa shape index (κ2) is 5.50. The number of furan rings is 1. The molecule has 1 aromatic heterocycles. The second-order valence-electron chi connectivity index (χ2n) is 4.02. The van der Waals surface area contributed by atoms with E-state index in [-0.39, 0.29) is 5.56 Å². The molecule has 0 bridgehead atoms. The highest BCUT2D eigenvalue weighted by Gasteiger charge is 2.27. The fourth-order valence-electron chi connectivity index (χ4n) is 1.73. The molecule has 0 aliphatic rings. The molecule has 0 saturated carbocycles. The van der Waals surface area contributed by atoms with Crippen molar-refractivity contribution in [1.29, 1.82) is 5.26 Å². The normalized spacial score (nSPS) is 11.7. The van der Waals surface area contributed by atoms with Crippen molar-refractivity contribution >= 4 is 11.7 Å². The topological polar surface area (TPSA) is 97.1 Å². The Bertz CT molecular complexity index is 744. The number of hydrogen-bond donors (Lipinski definition) is 0. The van der Waals surface area contributed by atoms with E-state index >= 15 is 0 Å². The predicted molar refractivity (Wildman–Crippen MR) is 64.4 cm³/mol. The SMILES string of the molecule is N#CC(C(=O)c1ccc([N+](=O)[O-])o1)c1cc(F)cc(F)c1. The highest BCUT2D eigenvalue weighted by molar-refractivity contribution is 6.00. The van der Waals surface area contributed by atoms with Crippen molar-refractivity contribution in [2.45, 2.75) is 5.92 Å². The summed E-state index contributed by atoms with van der Waals surface area (Å²) in [6, 6.07) is 5.85.